The minimum absolute atomic E-state index is 0.0762. The molecular formula is C10H6ClF2NO. The van der Waals surface area contributed by atoms with Crippen molar-refractivity contribution < 1.29 is 13.5 Å². The second-order valence-electron chi connectivity index (χ2n) is 2.87. The molecule has 0 saturated carbocycles. The van der Waals surface area contributed by atoms with E-state index in [4.69, 9.17) is 11.6 Å². The van der Waals surface area contributed by atoms with Crippen molar-refractivity contribution in [3.8, 4) is 5.75 Å². The van der Waals surface area contributed by atoms with Gasteiger partial charge >= 0.3 is 6.61 Å². The van der Waals surface area contributed by atoms with E-state index in [-0.39, 0.29) is 5.75 Å². The molecule has 0 unspecified atom stereocenters. The molecule has 0 spiro atoms. The Bertz CT molecular complexity index is 490. The van der Waals surface area contributed by atoms with E-state index >= 15 is 0 Å². The number of fused-ring (bicyclic) bond motifs is 1. The molecule has 0 amide bonds. The lowest BCUT2D eigenvalue weighted by molar-refractivity contribution is -0.0497. The monoisotopic (exact) mass is 229 g/mol. The van der Waals surface area contributed by atoms with Gasteiger partial charge in [0.2, 0.25) is 0 Å². The predicted octanol–water partition coefficient (Wildman–Crippen LogP) is 3.49. The quantitative estimate of drug-likeness (QED) is 0.736. The zero-order valence-electron chi connectivity index (χ0n) is 7.45. The summed E-state index contributed by atoms with van der Waals surface area (Å²) in [7, 11) is 0. The van der Waals surface area contributed by atoms with Crippen molar-refractivity contribution in [3.05, 3.63) is 35.5 Å². The third-order valence-electron chi connectivity index (χ3n) is 1.85. The van der Waals surface area contributed by atoms with Gasteiger partial charge in [0.15, 0.2) is 0 Å². The number of hydrogen-bond donors (Lipinski definition) is 0. The van der Waals surface area contributed by atoms with Gasteiger partial charge in [-0.25, -0.2) is 4.98 Å². The van der Waals surface area contributed by atoms with E-state index < -0.39 is 6.61 Å². The molecule has 0 N–H and O–H groups in total. The van der Waals surface area contributed by atoms with E-state index in [0.717, 1.165) is 5.39 Å². The summed E-state index contributed by atoms with van der Waals surface area (Å²) in [6.45, 7) is -2.83. The molecule has 2 aromatic rings. The van der Waals surface area contributed by atoms with Crippen LogP contribution in [-0.4, -0.2) is 11.6 Å². The highest BCUT2D eigenvalue weighted by atomic mass is 35.5. The van der Waals surface area contributed by atoms with Crippen molar-refractivity contribution in [2.75, 3.05) is 0 Å². The second kappa shape index (κ2) is 3.98. The Morgan fingerprint density at radius 2 is 1.93 bits per heavy atom. The average Bonchev–Trinajstić information content (AvgIpc) is 2.16. The number of halogens is 3. The maximum atomic E-state index is 11.9. The van der Waals surface area contributed by atoms with E-state index in [0.29, 0.717) is 10.7 Å². The highest BCUT2D eigenvalue weighted by molar-refractivity contribution is 6.29. The van der Waals surface area contributed by atoms with E-state index in [2.05, 4.69) is 9.72 Å². The molecule has 0 atom stereocenters. The minimum Gasteiger partial charge on any atom is -0.435 e. The highest BCUT2D eigenvalue weighted by Gasteiger charge is 2.05. The second-order valence-corrected chi connectivity index (χ2v) is 3.25. The zero-order chi connectivity index (χ0) is 10.8. The van der Waals surface area contributed by atoms with Crippen LogP contribution in [0.25, 0.3) is 10.9 Å². The van der Waals surface area contributed by atoms with Crippen molar-refractivity contribution in [1.29, 1.82) is 0 Å². The van der Waals surface area contributed by atoms with Crippen molar-refractivity contribution in [2.24, 2.45) is 0 Å². The molecule has 0 bridgehead atoms. The van der Waals surface area contributed by atoms with Crippen LogP contribution >= 0.6 is 11.6 Å². The molecule has 1 heterocycles. The Balaban J connectivity index is 2.45. The molecule has 5 heteroatoms. The van der Waals surface area contributed by atoms with Gasteiger partial charge in [0.1, 0.15) is 10.9 Å². The van der Waals surface area contributed by atoms with E-state index in [1.807, 2.05) is 0 Å². The van der Waals surface area contributed by atoms with Gasteiger partial charge in [0.25, 0.3) is 0 Å². The number of nitrogens with zero attached hydrogens (tertiary/aromatic N) is 1. The van der Waals surface area contributed by atoms with Gasteiger partial charge in [-0.1, -0.05) is 11.6 Å². The van der Waals surface area contributed by atoms with Crippen molar-refractivity contribution in [2.45, 2.75) is 6.61 Å². The molecule has 0 saturated heterocycles. The molecule has 15 heavy (non-hydrogen) atoms. The molecular weight excluding hydrogens is 224 g/mol. The lowest BCUT2D eigenvalue weighted by Gasteiger charge is -2.05. The lowest BCUT2D eigenvalue weighted by atomic mass is 10.2. The van der Waals surface area contributed by atoms with Crippen LogP contribution in [0.4, 0.5) is 8.78 Å². The van der Waals surface area contributed by atoms with E-state index in [1.165, 1.54) is 12.1 Å². The number of alkyl halides is 2. The number of pyridine rings is 1. The van der Waals surface area contributed by atoms with Crippen LogP contribution in [-0.2, 0) is 0 Å². The van der Waals surface area contributed by atoms with Crippen LogP contribution in [0.2, 0.25) is 5.15 Å². The Labute approximate surface area is 89.4 Å². The Kier molecular flexibility index (Phi) is 2.68. The maximum Gasteiger partial charge on any atom is 0.387 e. The lowest BCUT2D eigenvalue weighted by Crippen LogP contribution is -2.01. The van der Waals surface area contributed by atoms with Crippen LogP contribution in [0, 0.1) is 0 Å². The predicted molar refractivity (Wildman–Crippen MR) is 53.4 cm³/mol. The third kappa shape index (κ3) is 2.33. The first-order valence-electron chi connectivity index (χ1n) is 4.16. The van der Waals surface area contributed by atoms with Crippen LogP contribution in [0.1, 0.15) is 0 Å². The average molecular weight is 230 g/mol. The minimum atomic E-state index is -2.83. The normalized spacial score (nSPS) is 10.9. The summed E-state index contributed by atoms with van der Waals surface area (Å²) in [5.41, 5.74) is 0.528. The van der Waals surface area contributed by atoms with Gasteiger partial charge in [-0.2, -0.15) is 8.78 Å². The van der Waals surface area contributed by atoms with E-state index in [1.54, 1.807) is 18.2 Å². The van der Waals surface area contributed by atoms with Gasteiger partial charge < -0.3 is 4.74 Å². The summed E-state index contributed by atoms with van der Waals surface area (Å²) in [5.74, 6) is 0.0762. The molecule has 2 rings (SSSR count). The summed E-state index contributed by atoms with van der Waals surface area (Å²) >= 11 is 5.68. The number of benzene rings is 1. The highest BCUT2D eigenvalue weighted by Crippen LogP contribution is 2.22. The first-order chi connectivity index (χ1) is 7.15. The number of ether oxygens (including phenoxy) is 1. The summed E-state index contributed by atoms with van der Waals surface area (Å²) < 4.78 is 28.1. The fraction of sp³-hybridized carbons (Fsp3) is 0.100. The van der Waals surface area contributed by atoms with Gasteiger partial charge in [0, 0.05) is 11.5 Å². The number of hydrogen-bond acceptors (Lipinski definition) is 2. The third-order valence-corrected chi connectivity index (χ3v) is 2.07. The zero-order valence-corrected chi connectivity index (χ0v) is 8.21. The Morgan fingerprint density at radius 1 is 1.20 bits per heavy atom. The Morgan fingerprint density at radius 3 is 2.67 bits per heavy atom. The maximum absolute atomic E-state index is 11.9. The first-order valence-corrected chi connectivity index (χ1v) is 4.54. The fourth-order valence-electron chi connectivity index (χ4n) is 1.25. The van der Waals surface area contributed by atoms with E-state index in [9.17, 15) is 8.78 Å². The number of rotatable bonds is 2. The number of aromatic nitrogens is 1. The Hall–Kier alpha value is -1.42. The van der Waals surface area contributed by atoms with Crippen LogP contribution in [0.3, 0.4) is 0 Å². The summed E-state index contributed by atoms with van der Waals surface area (Å²) in [4.78, 5) is 3.98. The van der Waals surface area contributed by atoms with Gasteiger partial charge in [-0.15, -0.1) is 0 Å². The van der Waals surface area contributed by atoms with Crippen LogP contribution in [0.15, 0.2) is 30.3 Å². The summed E-state index contributed by atoms with van der Waals surface area (Å²) in [5, 5.41) is 1.14. The molecule has 0 fully saturated rings. The molecule has 78 valence electrons. The van der Waals surface area contributed by atoms with Crippen LogP contribution < -0.4 is 4.74 Å². The molecule has 1 aromatic carbocycles. The SMILES string of the molecule is FC(F)Oc1ccc2ccc(Cl)nc2c1. The molecule has 2 nitrogen and oxygen atoms in total. The van der Waals surface area contributed by atoms with Gasteiger partial charge in [0.05, 0.1) is 5.52 Å². The topological polar surface area (TPSA) is 22.1 Å². The summed E-state index contributed by atoms with van der Waals surface area (Å²) in [6, 6.07) is 7.93. The summed E-state index contributed by atoms with van der Waals surface area (Å²) in [6.07, 6.45) is 0. The van der Waals surface area contributed by atoms with Crippen molar-refractivity contribution in [1.82, 2.24) is 4.98 Å². The molecule has 0 aliphatic heterocycles. The largest absolute Gasteiger partial charge is 0.435 e. The van der Waals surface area contributed by atoms with Gasteiger partial charge in [-0.05, 0) is 24.3 Å². The first kappa shape index (κ1) is 10.1. The van der Waals surface area contributed by atoms with Crippen LogP contribution in [0.5, 0.6) is 5.75 Å². The fourth-order valence-corrected chi connectivity index (χ4v) is 1.40. The van der Waals surface area contributed by atoms with Crippen molar-refractivity contribution >= 4 is 22.5 Å². The van der Waals surface area contributed by atoms with Gasteiger partial charge in [-0.3, -0.25) is 0 Å². The molecule has 0 radical (unpaired) electrons. The standard InChI is InChI=1S/C10H6ClF2NO/c11-9-4-2-6-1-3-7(15-10(12)13)5-8(6)14-9/h1-5,10H. The molecule has 1 aromatic heterocycles. The molecule has 0 aliphatic rings. The smallest absolute Gasteiger partial charge is 0.387 e. The molecule has 0 aliphatic carbocycles. The van der Waals surface area contributed by atoms with Crippen molar-refractivity contribution in [3.63, 3.8) is 0 Å².